The molecule has 226 valence electrons. The Morgan fingerprint density at radius 1 is 1.19 bits per heavy atom. The Hall–Kier alpha value is -5.40. The highest BCUT2D eigenvalue weighted by atomic mass is 19.4. The zero-order chi connectivity index (χ0) is 32.1. The van der Waals surface area contributed by atoms with Crippen molar-refractivity contribution in [1.29, 1.82) is 5.26 Å². The van der Waals surface area contributed by atoms with Gasteiger partial charge in [-0.2, -0.15) is 28.6 Å². The fraction of sp³-hybridized carbons (Fsp3) is 0.308. The molecule has 0 aliphatic carbocycles. The molecule has 0 saturated heterocycles. The molecule has 1 atom stereocenters. The lowest BCUT2D eigenvalue weighted by molar-refractivity contribution is -0.198. The molecule has 0 fully saturated rings. The van der Waals surface area contributed by atoms with Crippen LogP contribution in [-0.2, 0) is 6.54 Å². The second-order valence-corrected chi connectivity index (χ2v) is 9.63. The fourth-order valence-corrected chi connectivity index (χ4v) is 3.55. The first-order valence-corrected chi connectivity index (χ1v) is 12.5. The van der Waals surface area contributed by atoms with Crippen molar-refractivity contribution >= 4 is 29.0 Å². The van der Waals surface area contributed by atoms with Crippen LogP contribution in [0.1, 0.15) is 58.4 Å². The van der Waals surface area contributed by atoms with Gasteiger partial charge in [-0.3, -0.25) is 9.59 Å². The van der Waals surface area contributed by atoms with E-state index in [4.69, 9.17) is 11.5 Å². The molecule has 6 N–H and O–H groups in total. The minimum atomic E-state index is -5.32. The number of nitrogen functional groups attached to an aromatic ring is 1. The van der Waals surface area contributed by atoms with Crippen LogP contribution in [0.3, 0.4) is 0 Å². The van der Waals surface area contributed by atoms with Crippen molar-refractivity contribution in [3.8, 4) is 11.9 Å². The van der Waals surface area contributed by atoms with Gasteiger partial charge in [0.2, 0.25) is 0 Å². The Morgan fingerprint density at radius 3 is 2.49 bits per heavy atom. The highest BCUT2D eigenvalue weighted by Crippen LogP contribution is 2.33. The Kier molecular flexibility index (Phi) is 9.43. The molecule has 17 heteroatoms. The third kappa shape index (κ3) is 7.28. The van der Waals surface area contributed by atoms with Crippen LogP contribution in [0.2, 0.25) is 0 Å². The van der Waals surface area contributed by atoms with E-state index in [0.717, 1.165) is 4.68 Å². The number of carbonyl (C=O) groups is 2. The van der Waals surface area contributed by atoms with Gasteiger partial charge in [0.05, 0.1) is 34.3 Å². The van der Waals surface area contributed by atoms with Gasteiger partial charge in [-0.1, -0.05) is 0 Å². The predicted octanol–water partition coefficient (Wildman–Crippen LogP) is 3.94. The molecule has 43 heavy (non-hydrogen) atoms. The third-order valence-electron chi connectivity index (χ3n) is 5.84. The number of rotatable bonds is 9. The lowest BCUT2D eigenvalue weighted by atomic mass is 10.0. The van der Waals surface area contributed by atoms with Crippen molar-refractivity contribution in [1.82, 2.24) is 20.1 Å². The highest BCUT2D eigenvalue weighted by Gasteiger charge is 2.55. The Labute approximate surface area is 242 Å². The van der Waals surface area contributed by atoms with E-state index < -0.39 is 36.0 Å². The van der Waals surface area contributed by atoms with Crippen LogP contribution in [-0.4, -0.2) is 50.3 Å². The second-order valence-electron chi connectivity index (χ2n) is 9.63. The van der Waals surface area contributed by atoms with Gasteiger partial charge in [0.25, 0.3) is 17.5 Å². The summed E-state index contributed by atoms with van der Waals surface area (Å²) < 4.78 is 53.4. The predicted molar refractivity (Wildman–Crippen MR) is 148 cm³/mol. The molecule has 0 radical (unpaired) electrons. The number of pyridine rings is 1. The van der Waals surface area contributed by atoms with Crippen LogP contribution in [0.4, 0.5) is 28.9 Å². The minimum Gasteiger partial charge on any atom is -0.396 e. The SMILES string of the molecule is Cc1cc(C#N)cc(C(=O)NC(C)C)c1NC(=O)c1cc(CN=NN=C(N)C(C)(F)C(F)(F)F)nn1-c1ncccc1N. The summed E-state index contributed by atoms with van der Waals surface area (Å²) in [6.07, 6.45) is -3.91. The molecule has 0 aliphatic rings. The van der Waals surface area contributed by atoms with Crippen molar-refractivity contribution in [2.24, 2.45) is 21.2 Å². The summed E-state index contributed by atoms with van der Waals surface area (Å²) in [5.74, 6) is -2.67. The summed E-state index contributed by atoms with van der Waals surface area (Å²) in [6, 6.07) is 8.91. The fourth-order valence-electron chi connectivity index (χ4n) is 3.55. The molecule has 0 spiro atoms. The molecule has 3 aromatic rings. The number of aromatic nitrogens is 3. The maximum atomic E-state index is 13.9. The van der Waals surface area contributed by atoms with E-state index in [1.165, 1.54) is 30.5 Å². The second kappa shape index (κ2) is 12.6. The number of benzene rings is 1. The van der Waals surface area contributed by atoms with E-state index in [9.17, 15) is 32.4 Å². The molecule has 13 nitrogen and oxygen atoms in total. The van der Waals surface area contributed by atoms with Gasteiger partial charge in [0.15, 0.2) is 11.7 Å². The minimum absolute atomic E-state index is 0.0465. The zero-order valence-corrected chi connectivity index (χ0v) is 23.4. The largest absolute Gasteiger partial charge is 0.429 e. The maximum Gasteiger partial charge on any atom is 0.429 e. The molecule has 1 aromatic carbocycles. The Bertz CT molecular complexity index is 1640. The van der Waals surface area contributed by atoms with Crippen molar-refractivity contribution < 1.29 is 27.2 Å². The number of nitriles is 1. The number of hydrogen-bond acceptors (Lipinski definition) is 8. The van der Waals surface area contributed by atoms with Crippen molar-refractivity contribution in [2.75, 3.05) is 11.1 Å². The summed E-state index contributed by atoms with van der Waals surface area (Å²) in [6.45, 7) is 4.88. The van der Waals surface area contributed by atoms with Gasteiger partial charge < -0.3 is 22.1 Å². The molecule has 2 aromatic heterocycles. The van der Waals surface area contributed by atoms with Gasteiger partial charge in [-0.05, 0) is 68.8 Å². The number of alkyl halides is 4. The van der Waals surface area contributed by atoms with E-state index in [0.29, 0.717) is 5.56 Å². The normalized spacial score (nSPS) is 13.5. The van der Waals surface area contributed by atoms with E-state index in [-0.39, 0.29) is 52.7 Å². The summed E-state index contributed by atoms with van der Waals surface area (Å²) in [5, 5.41) is 28.8. The number of carbonyl (C=O) groups excluding carboxylic acids is 2. The smallest absolute Gasteiger partial charge is 0.396 e. The van der Waals surface area contributed by atoms with Gasteiger partial charge in [0, 0.05) is 12.2 Å². The Morgan fingerprint density at radius 2 is 1.88 bits per heavy atom. The lowest BCUT2D eigenvalue weighted by Gasteiger charge is -2.21. The van der Waals surface area contributed by atoms with Gasteiger partial charge in [-0.15, -0.1) is 5.10 Å². The van der Waals surface area contributed by atoms with Crippen LogP contribution < -0.4 is 22.1 Å². The number of hydrogen-bond donors (Lipinski definition) is 4. The van der Waals surface area contributed by atoms with Gasteiger partial charge in [0.1, 0.15) is 12.2 Å². The van der Waals surface area contributed by atoms with Crippen LogP contribution in [0.25, 0.3) is 5.82 Å². The molecule has 1 unspecified atom stereocenters. The number of nitrogens with one attached hydrogen (secondary N) is 2. The molecule has 3 rings (SSSR count). The highest BCUT2D eigenvalue weighted by molar-refractivity contribution is 6.09. The number of nitrogens with zero attached hydrogens (tertiary/aromatic N) is 7. The monoisotopic (exact) mass is 601 g/mol. The van der Waals surface area contributed by atoms with Crippen LogP contribution in [0, 0.1) is 18.3 Å². The van der Waals surface area contributed by atoms with Gasteiger partial charge >= 0.3 is 6.18 Å². The molecule has 2 heterocycles. The van der Waals surface area contributed by atoms with E-state index in [2.05, 4.69) is 36.2 Å². The average Bonchev–Trinajstić information content (AvgIpc) is 3.35. The number of anilines is 2. The van der Waals surface area contributed by atoms with Crippen molar-refractivity contribution in [2.45, 2.75) is 52.1 Å². The van der Waals surface area contributed by atoms with E-state index in [1.54, 1.807) is 26.8 Å². The van der Waals surface area contributed by atoms with Gasteiger partial charge in [-0.25, -0.2) is 14.1 Å². The number of aryl methyl sites for hydroxylation is 1. The van der Waals surface area contributed by atoms with E-state index in [1.807, 2.05) is 6.07 Å². The average molecular weight is 602 g/mol. The van der Waals surface area contributed by atoms with Crippen molar-refractivity contribution in [3.63, 3.8) is 0 Å². The third-order valence-corrected chi connectivity index (χ3v) is 5.84. The van der Waals surface area contributed by atoms with Crippen LogP contribution in [0.15, 0.2) is 52.0 Å². The molecule has 0 aliphatic heterocycles. The number of amides is 2. The standard InChI is InChI=1S/C26H27F4N11O2/c1-13(2)36-22(42)17-9-15(11-31)8-14(3)20(17)37-23(43)19-10-16(39-41(19)21-18(32)6-5-7-34-21)12-35-40-38-24(33)25(4,27)26(28,29)30/h5-10,13H,12,32H2,1-4H3,(H,36,42)(H,37,43)(H2,33,35,38). The summed E-state index contributed by atoms with van der Waals surface area (Å²) in [5.41, 5.74) is 8.12. The van der Waals surface area contributed by atoms with E-state index >= 15 is 0 Å². The van der Waals surface area contributed by atoms with Crippen LogP contribution >= 0.6 is 0 Å². The molecular weight excluding hydrogens is 574 g/mol. The quantitative estimate of drug-likeness (QED) is 0.0935. The topological polar surface area (TPSA) is 202 Å². The first-order chi connectivity index (χ1) is 20.1. The molecule has 0 bridgehead atoms. The van der Waals surface area contributed by atoms with Crippen molar-refractivity contribution in [3.05, 3.63) is 64.6 Å². The first kappa shape index (κ1) is 32.1. The number of amidine groups is 1. The lowest BCUT2D eigenvalue weighted by Crippen LogP contribution is -2.49. The Balaban J connectivity index is 2.01. The maximum absolute atomic E-state index is 13.9. The molecule has 2 amide bonds. The number of nitrogens with two attached hydrogens (primary N) is 2. The summed E-state index contributed by atoms with van der Waals surface area (Å²) >= 11 is 0. The molecule has 0 saturated carbocycles. The first-order valence-electron chi connectivity index (χ1n) is 12.5. The molecular formula is C26H27F4N11O2. The summed E-state index contributed by atoms with van der Waals surface area (Å²) in [4.78, 5) is 30.7. The van der Waals surface area contributed by atoms with Crippen LogP contribution in [0.5, 0.6) is 0 Å². The zero-order valence-electron chi connectivity index (χ0n) is 23.4. The summed E-state index contributed by atoms with van der Waals surface area (Å²) in [7, 11) is 0. The number of halogens is 4.